The smallest absolute Gasteiger partial charge is 0.147 e. The lowest BCUT2D eigenvalue weighted by atomic mass is 9.99. The van der Waals surface area contributed by atoms with Crippen molar-refractivity contribution < 1.29 is 8.83 Å². The van der Waals surface area contributed by atoms with E-state index in [-0.39, 0.29) is 0 Å². The van der Waals surface area contributed by atoms with Crippen LogP contribution < -0.4 is 0 Å². The van der Waals surface area contributed by atoms with E-state index in [9.17, 15) is 0 Å². The van der Waals surface area contributed by atoms with E-state index in [1.54, 1.807) is 6.20 Å². The molecular formula is C28H16N2O2. The molecule has 150 valence electrons. The molecule has 0 spiro atoms. The lowest BCUT2D eigenvalue weighted by Gasteiger charge is -2.05. The second-order valence-electron chi connectivity index (χ2n) is 7.85. The molecular weight excluding hydrogens is 396 g/mol. The first-order chi connectivity index (χ1) is 15.9. The lowest BCUT2D eigenvalue weighted by molar-refractivity contribution is 0.663. The van der Waals surface area contributed by atoms with Gasteiger partial charge in [-0.3, -0.25) is 9.97 Å². The first-order valence-electron chi connectivity index (χ1n) is 10.5. The van der Waals surface area contributed by atoms with E-state index in [0.717, 1.165) is 66.4 Å². The fourth-order valence-corrected chi connectivity index (χ4v) is 4.50. The molecule has 0 atom stereocenters. The minimum absolute atomic E-state index is 0.810. The summed E-state index contributed by atoms with van der Waals surface area (Å²) in [6.07, 6.45) is 3.67. The number of furan rings is 2. The van der Waals surface area contributed by atoms with Crippen LogP contribution in [0.1, 0.15) is 0 Å². The first kappa shape index (κ1) is 17.3. The summed E-state index contributed by atoms with van der Waals surface area (Å²) in [5, 5.41) is 4.21. The zero-order valence-corrected chi connectivity index (χ0v) is 16.9. The Labute approximate surface area is 182 Å². The second kappa shape index (κ2) is 6.53. The topological polar surface area (TPSA) is 52.1 Å². The van der Waals surface area contributed by atoms with Crippen LogP contribution in [-0.2, 0) is 0 Å². The number of benzene rings is 3. The van der Waals surface area contributed by atoms with Crippen LogP contribution in [0.25, 0.3) is 66.4 Å². The van der Waals surface area contributed by atoms with E-state index < -0.39 is 0 Å². The van der Waals surface area contributed by atoms with Crippen LogP contribution in [0, 0.1) is 0 Å². The Bertz CT molecular complexity index is 1760. The SMILES string of the molecule is c1ccc(-c2ccc(-c3cc4c5ccccc5oc4c4c3oc3ccccc34)cn2)nc1. The van der Waals surface area contributed by atoms with E-state index in [1.165, 1.54) is 0 Å². The quantitative estimate of drug-likeness (QED) is 0.293. The van der Waals surface area contributed by atoms with Crippen LogP contribution in [0.5, 0.6) is 0 Å². The van der Waals surface area contributed by atoms with Crippen molar-refractivity contribution in [3.05, 3.63) is 97.3 Å². The van der Waals surface area contributed by atoms with E-state index in [2.05, 4.69) is 34.2 Å². The third-order valence-electron chi connectivity index (χ3n) is 5.99. The maximum Gasteiger partial charge on any atom is 0.147 e. The average molecular weight is 412 g/mol. The van der Waals surface area contributed by atoms with Crippen molar-refractivity contribution in [3.8, 4) is 22.5 Å². The van der Waals surface area contributed by atoms with Gasteiger partial charge >= 0.3 is 0 Å². The number of nitrogens with zero attached hydrogens (tertiary/aromatic N) is 2. The molecule has 0 bridgehead atoms. The molecule has 0 amide bonds. The van der Waals surface area contributed by atoms with E-state index in [4.69, 9.17) is 8.83 Å². The van der Waals surface area contributed by atoms with Gasteiger partial charge in [0, 0.05) is 39.7 Å². The normalized spacial score (nSPS) is 11.8. The molecule has 0 aliphatic heterocycles. The van der Waals surface area contributed by atoms with Gasteiger partial charge in [0.1, 0.15) is 22.3 Å². The van der Waals surface area contributed by atoms with Crippen LogP contribution in [0.4, 0.5) is 0 Å². The molecule has 7 rings (SSSR count). The second-order valence-corrected chi connectivity index (χ2v) is 7.85. The van der Waals surface area contributed by atoms with Crippen molar-refractivity contribution in [2.24, 2.45) is 0 Å². The molecule has 4 heterocycles. The summed E-state index contributed by atoms with van der Waals surface area (Å²) in [7, 11) is 0. The average Bonchev–Trinajstić information content (AvgIpc) is 3.43. The molecule has 0 aliphatic carbocycles. The number of hydrogen-bond acceptors (Lipinski definition) is 4. The van der Waals surface area contributed by atoms with E-state index >= 15 is 0 Å². The summed E-state index contributed by atoms with van der Waals surface area (Å²) < 4.78 is 12.7. The summed E-state index contributed by atoms with van der Waals surface area (Å²) in [5.74, 6) is 0. The van der Waals surface area contributed by atoms with Crippen molar-refractivity contribution >= 4 is 43.9 Å². The molecule has 32 heavy (non-hydrogen) atoms. The molecule has 4 heteroatoms. The minimum atomic E-state index is 0.810. The number of pyridine rings is 2. The van der Waals surface area contributed by atoms with E-state index in [0.29, 0.717) is 0 Å². The Morgan fingerprint density at radius 1 is 0.562 bits per heavy atom. The van der Waals surface area contributed by atoms with Gasteiger partial charge < -0.3 is 8.83 Å². The fourth-order valence-electron chi connectivity index (χ4n) is 4.50. The van der Waals surface area contributed by atoms with Gasteiger partial charge in [0.15, 0.2) is 0 Å². The summed E-state index contributed by atoms with van der Waals surface area (Å²) in [4.78, 5) is 9.09. The molecule has 0 fully saturated rings. The minimum Gasteiger partial charge on any atom is -0.455 e. The molecule has 0 N–H and O–H groups in total. The molecule has 4 nitrogen and oxygen atoms in total. The standard InChI is InChI=1S/C28H16N2O2/c1-3-10-24-18(7-1)21-15-20(17-12-13-23(30-16-17)22-9-5-6-14-29-22)27-26(28(21)31-24)19-8-2-4-11-25(19)32-27/h1-16H. The number of fused-ring (bicyclic) bond motifs is 7. The molecule has 7 aromatic rings. The Hall–Kier alpha value is -4.44. The van der Waals surface area contributed by atoms with Crippen molar-refractivity contribution in [1.82, 2.24) is 9.97 Å². The third kappa shape index (κ3) is 2.44. The number of rotatable bonds is 2. The first-order valence-corrected chi connectivity index (χ1v) is 10.5. The largest absolute Gasteiger partial charge is 0.455 e. The summed E-state index contributed by atoms with van der Waals surface area (Å²) in [5.41, 5.74) is 7.05. The van der Waals surface area contributed by atoms with Gasteiger partial charge in [0.05, 0.1) is 16.8 Å². The van der Waals surface area contributed by atoms with Crippen molar-refractivity contribution in [2.45, 2.75) is 0 Å². The highest BCUT2D eigenvalue weighted by Crippen LogP contribution is 2.43. The van der Waals surface area contributed by atoms with Gasteiger partial charge in [-0.1, -0.05) is 48.5 Å². The maximum absolute atomic E-state index is 6.36. The third-order valence-corrected chi connectivity index (χ3v) is 5.99. The van der Waals surface area contributed by atoms with Crippen LogP contribution in [0.2, 0.25) is 0 Å². The van der Waals surface area contributed by atoms with Crippen molar-refractivity contribution in [2.75, 3.05) is 0 Å². The zero-order chi connectivity index (χ0) is 21.1. The van der Waals surface area contributed by atoms with Gasteiger partial charge in [-0.15, -0.1) is 0 Å². The van der Waals surface area contributed by atoms with Gasteiger partial charge in [0.2, 0.25) is 0 Å². The van der Waals surface area contributed by atoms with Crippen LogP contribution in [0.3, 0.4) is 0 Å². The number of hydrogen-bond donors (Lipinski definition) is 0. The lowest BCUT2D eigenvalue weighted by Crippen LogP contribution is -1.88. The summed E-state index contributed by atoms with van der Waals surface area (Å²) >= 11 is 0. The van der Waals surface area contributed by atoms with E-state index in [1.807, 2.05) is 66.9 Å². The van der Waals surface area contributed by atoms with Gasteiger partial charge in [0.25, 0.3) is 0 Å². The highest BCUT2D eigenvalue weighted by molar-refractivity contribution is 6.25. The van der Waals surface area contributed by atoms with Gasteiger partial charge in [-0.2, -0.15) is 0 Å². The molecule has 0 saturated heterocycles. The van der Waals surface area contributed by atoms with Crippen LogP contribution in [0.15, 0.2) is 106 Å². The summed E-state index contributed by atoms with van der Waals surface area (Å²) in [6, 6.07) is 28.3. The van der Waals surface area contributed by atoms with Crippen LogP contribution >= 0.6 is 0 Å². The number of para-hydroxylation sites is 2. The van der Waals surface area contributed by atoms with Crippen molar-refractivity contribution in [1.29, 1.82) is 0 Å². The molecule has 0 unspecified atom stereocenters. The van der Waals surface area contributed by atoms with Gasteiger partial charge in [-0.05, 0) is 36.4 Å². The van der Waals surface area contributed by atoms with Crippen molar-refractivity contribution in [3.63, 3.8) is 0 Å². The Balaban J connectivity index is 1.55. The molecule has 0 saturated carbocycles. The molecule has 0 aliphatic rings. The Morgan fingerprint density at radius 2 is 1.28 bits per heavy atom. The fraction of sp³-hybridized carbons (Fsp3) is 0. The predicted octanol–water partition coefficient (Wildman–Crippen LogP) is 7.61. The highest BCUT2D eigenvalue weighted by Gasteiger charge is 2.20. The molecule has 0 radical (unpaired) electrons. The monoisotopic (exact) mass is 412 g/mol. The maximum atomic E-state index is 6.36. The predicted molar refractivity (Wildman–Crippen MR) is 127 cm³/mol. The summed E-state index contributed by atoms with van der Waals surface area (Å²) in [6.45, 7) is 0. The Morgan fingerprint density at radius 3 is 2.06 bits per heavy atom. The number of aromatic nitrogens is 2. The zero-order valence-electron chi connectivity index (χ0n) is 16.9. The highest BCUT2D eigenvalue weighted by atomic mass is 16.3. The van der Waals surface area contributed by atoms with Gasteiger partial charge in [-0.25, -0.2) is 0 Å². The molecule has 4 aromatic heterocycles. The molecule has 3 aromatic carbocycles. The Kier molecular flexibility index (Phi) is 3.52. The van der Waals surface area contributed by atoms with Crippen LogP contribution in [-0.4, -0.2) is 9.97 Å².